The zero-order chi connectivity index (χ0) is 20.8. The van der Waals surface area contributed by atoms with Gasteiger partial charge in [0, 0.05) is 17.4 Å². The van der Waals surface area contributed by atoms with Gasteiger partial charge in [-0.15, -0.1) is 0 Å². The molecular weight excluding hydrogens is 502 g/mol. The van der Waals surface area contributed by atoms with Crippen molar-refractivity contribution >= 4 is 45.3 Å². The van der Waals surface area contributed by atoms with Crippen molar-refractivity contribution in [1.82, 2.24) is 25.0 Å². The maximum absolute atomic E-state index is 12.9. The number of benzene rings is 1. The third-order valence-corrected chi connectivity index (χ3v) is 5.73. The van der Waals surface area contributed by atoms with Crippen molar-refractivity contribution in [2.45, 2.75) is 23.3 Å². The van der Waals surface area contributed by atoms with Crippen molar-refractivity contribution in [2.75, 3.05) is 6.54 Å². The van der Waals surface area contributed by atoms with Crippen molar-refractivity contribution in [3.8, 4) is 0 Å². The number of aromatic amines is 1. The zero-order valence-corrected chi connectivity index (χ0v) is 17.0. The van der Waals surface area contributed by atoms with Crippen LogP contribution in [0.25, 0.3) is 10.9 Å². The first kappa shape index (κ1) is 19.7. The number of halogens is 4. The molecule has 1 aliphatic heterocycles. The Balaban J connectivity index is 1.54. The first-order valence-corrected chi connectivity index (χ1v) is 9.92. The lowest BCUT2D eigenvalue weighted by molar-refractivity contribution is -0.128. The van der Waals surface area contributed by atoms with Crippen molar-refractivity contribution < 1.29 is 22.8 Å². The smallest absolute Gasteiger partial charge is 0.351 e. The highest BCUT2D eigenvalue weighted by Crippen LogP contribution is 2.26. The van der Waals surface area contributed by atoms with Crippen LogP contribution in [0.5, 0.6) is 0 Å². The number of rotatable bonds is 3. The van der Waals surface area contributed by atoms with Crippen LogP contribution >= 0.6 is 22.6 Å². The van der Waals surface area contributed by atoms with Crippen LogP contribution in [0.4, 0.5) is 13.2 Å². The molecule has 2 aromatic heterocycles. The Hall–Kier alpha value is -2.57. The number of hydrogen-bond donors (Lipinski definition) is 2. The van der Waals surface area contributed by atoms with Crippen LogP contribution in [0.15, 0.2) is 36.5 Å². The minimum atomic E-state index is -4.55. The van der Waals surface area contributed by atoms with Crippen LogP contribution in [0.1, 0.15) is 26.5 Å². The molecule has 3 aromatic rings. The quantitative estimate of drug-likeness (QED) is 0.319. The highest BCUT2D eigenvalue weighted by atomic mass is 127. The van der Waals surface area contributed by atoms with E-state index in [2.05, 4.69) is 10.1 Å². The molecule has 29 heavy (non-hydrogen) atoms. The van der Waals surface area contributed by atoms with Gasteiger partial charge in [0.25, 0.3) is 11.8 Å². The number of nitrogens with one attached hydrogen (secondary N) is 2. The van der Waals surface area contributed by atoms with E-state index in [0.29, 0.717) is 24.5 Å². The van der Waals surface area contributed by atoms with E-state index in [1.165, 1.54) is 6.20 Å². The van der Waals surface area contributed by atoms with E-state index in [1.54, 1.807) is 15.6 Å². The highest BCUT2D eigenvalue weighted by molar-refractivity contribution is 14.1. The van der Waals surface area contributed by atoms with E-state index in [-0.39, 0.29) is 18.0 Å². The molecule has 0 radical (unpaired) electrons. The number of fused-ring (bicyclic) bond motifs is 2. The van der Waals surface area contributed by atoms with Gasteiger partial charge < -0.3 is 15.2 Å². The highest BCUT2D eigenvalue weighted by Gasteiger charge is 2.39. The van der Waals surface area contributed by atoms with E-state index in [0.717, 1.165) is 33.5 Å². The lowest BCUT2D eigenvalue weighted by Crippen LogP contribution is -2.42. The fraction of sp³-hybridized carbons (Fsp3) is 0.278. The van der Waals surface area contributed by atoms with E-state index in [1.807, 2.05) is 29.6 Å². The van der Waals surface area contributed by atoms with Gasteiger partial charge in [0.1, 0.15) is 5.69 Å². The number of nitrogens with zero attached hydrogens (tertiary/aromatic N) is 3. The minimum Gasteiger partial charge on any atom is -0.351 e. The molecule has 3 heterocycles. The van der Waals surface area contributed by atoms with E-state index in [9.17, 15) is 22.8 Å². The summed E-state index contributed by atoms with van der Waals surface area (Å²) in [6.07, 6.45) is -3.32. The molecule has 1 atom stereocenters. The first-order chi connectivity index (χ1) is 13.7. The normalized spacial score (nSPS) is 15.2. The molecule has 152 valence electrons. The topological polar surface area (TPSA) is 83.0 Å². The molecule has 0 fully saturated rings. The molecule has 0 aliphatic carbocycles. The van der Waals surface area contributed by atoms with Gasteiger partial charge in [-0.1, -0.05) is 18.2 Å². The fourth-order valence-electron chi connectivity index (χ4n) is 3.24. The molecule has 11 heteroatoms. The monoisotopic (exact) mass is 517 g/mol. The average Bonchev–Trinajstić information content (AvgIpc) is 3.30. The van der Waals surface area contributed by atoms with E-state index in [4.69, 9.17) is 0 Å². The Labute approximate surface area is 176 Å². The van der Waals surface area contributed by atoms with E-state index < -0.39 is 16.1 Å². The summed E-state index contributed by atoms with van der Waals surface area (Å²) in [6, 6.07) is 9.23. The molecule has 7 nitrogen and oxygen atoms in total. The second-order valence-corrected chi connectivity index (χ2v) is 7.85. The molecule has 0 saturated carbocycles. The molecule has 4 rings (SSSR count). The summed E-state index contributed by atoms with van der Waals surface area (Å²) in [6.45, 7) is 0.803. The van der Waals surface area contributed by atoms with Gasteiger partial charge in [0.2, 0.25) is 0 Å². The van der Waals surface area contributed by atoms with Crippen LogP contribution in [0.3, 0.4) is 0 Å². The number of alkyl halides is 4. The number of H-pyrrole nitrogens is 1. The summed E-state index contributed by atoms with van der Waals surface area (Å²) in [4.78, 5) is 29.8. The summed E-state index contributed by atoms with van der Waals surface area (Å²) < 4.78 is 37.7. The molecule has 1 aromatic carbocycles. The predicted octanol–water partition coefficient (Wildman–Crippen LogP) is 3.07. The zero-order valence-electron chi connectivity index (χ0n) is 14.8. The van der Waals surface area contributed by atoms with Gasteiger partial charge in [-0.05, 0) is 34.7 Å². The van der Waals surface area contributed by atoms with Crippen molar-refractivity contribution in [1.29, 1.82) is 0 Å². The second-order valence-electron chi connectivity index (χ2n) is 6.60. The number of aromatic nitrogens is 3. The molecule has 1 aliphatic rings. The summed E-state index contributed by atoms with van der Waals surface area (Å²) in [5.74, 6) is -1.12. The number of carbonyl (C=O) groups excluding carboxylic acids is 2. The fourth-order valence-corrected chi connectivity index (χ4v) is 3.52. The molecule has 0 unspecified atom stereocenters. The standard InChI is InChI=1S/C18H15F3IN5O2/c19-18(20,21)17(22)25-15(28)11-8-23-27-6-5-26(9-14(11)27)16(29)13-7-10-3-1-2-4-12(10)24-13/h1-4,7-8,17,24H,5-6,9H2,(H,25,28)/t17-/m1/s1. The number of para-hydroxylation sites is 1. The molecule has 2 amide bonds. The predicted molar refractivity (Wildman–Crippen MR) is 107 cm³/mol. The van der Waals surface area contributed by atoms with Crippen molar-refractivity contribution in [3.63, 3.8) is 0 Å². The lowest BCUT2D eigenvalue weighted by atomic mass is 10.1. The Morgan fingerprint density at radius 1 is 1.24 bits per heavy atom. The Morgan fingerprint density at radius 2 is 2.00 bits per heavy atom. The van der Waals surface area contributed by atoms with Crippen molar-refractivity contribution in [2.24, 2.45) is 0 Å². The Bertz CT molecular complexity index is 1060. The first-order valence-electron chi connectivity index (χ1n) is 8.67. The number of hydrogen-bond acceptors (Lipinski definition) is 3. The van der Waals surface area contributed by atoms with Crippen molar-refractivity contribution in [3.05, 3.63) is 53.5 Å². The maximum atomic E-state index is 12.9. The van der Waals surface area contributed by atoms with Gasteiger partial charge in [-0.3, -0.25) is 14.3 Å². The third-order valence-electron chi connectivity index (χ3n) is 4.71. The molecule has 0 spiro atoms. The second kappa shape index (κ2) is 7.35. The van der Waals surface area contributed by atoms with Crippen LogP contribution in [0.2, 0.25) is 0 Å². The summed E-state index contributed by atoms with van der Waals surface area (Å²) in [7, 11) is 0. The van der Waals surface area contributed by atoms with Gasteiger partial charge in [-0.2, -0.15) is 18.3 Å². The lowest BCUT2D eigenvalue weighted by Gasteiger charge is -2.28. The summed E-state index contributed by atoms with van der Waals surface area (Å²) in [5, 5.41) is 6.90. The number of carbonyl (C=O) groups is 2. The van der Waals surface area contributed by atoms with Gasteiger partial charge >= 0.3 is 6.18 Å². The van der Waals surface area contributed by atoms with Crippen LogP contribution < -0.4 is 5.32 Å². The van der Waals surface area contributed by atoms with Crippen LogP contribution in [0, 0.1) is 0 Å². The maximum Gasteiger partial charge on any atom is 0.417 e. The SMILES string of the molecule is O=C(N[C@@H](I)C(F)(F)F)c1cnn2c1CN(C(=O)c1cc3ccccc3[nH]1)CC2. The minimum absolute atomic E-state index is 0.0325. The summed E-state index contributed by atoms with van der Waals surface area (Å²) in [5.41, 5.74) is 1.68. The largest absolute Gasteiger partial charge is 0.417 e. The molecule has 2 N–H and O–H groups in total. The molecular formula is C18H15F3IN5O2. The molecule has 0 saturated heterocycles. The Morgan fingerprint density at radius 3 is 2.72 bits per heavy atom. The number of amides is 2. The van der Waals surface area contributed by atoms with Crippen LogP contribution in [-0.4, -0.2) is 48.2 Å². The van der Waals surface area contributed by atoms with E-state index >= 15 is 0 Å². The third kappa shape index (κ3) is 3.82. The Kier molecular flexibility index (Phi) is 5.00. The molecule has 0 bridgehead atoms. The van der Waals surface area contributed by atoms with Gasteiger partial charge in [-0.25, -0.2) is 0 Å². The summed E-state index contributed by atoms with van der Waals surface area (Å²) >= 11 is 1.12. The van der Waals surface area contributed by atoms with Gasteiger partial charge in [0.05, 0.1) is 30.5 Å². The van der Waals surface area contributed by atoms with Crippen LogP contribution in [-0.2, 0) is 13.1 Å². The average molecular weight is 517 g/mol. The van der Waals surface area contributed by atoms with Gasteiger partial charge in [0.15, 0.2) is 4.05 Å².